The van der Waals surface area contributed by atoms with Crippen LogP contribution in [0.3, 0.4) is 0 Å². The summed E-state index contributed by atoms with van der Waals surface area (Å²) in [6, 6.07) is 11.1. The molecule has 0 amide bonds. The van der Waals surface area contributed by atoms with Gasteiger partial charge in [-0.1, -0.05) is 18.2 Å². The summed E-state index contributed by atoms with van der Waals surface area (Å²) in [5.41, 5.74) is 6.79. The van der Waals surface area contributed by atoms with E-state index in [-0.39, 0.29) is 18.6 Å². The standard InChI is InChI=1S/C15H18N8O/c1-10(8-24)19-12-7-13(18-9-17-12)23-14(16)21-15(22-23)20-11-5-3-2-4-6-11/h2-7,9-10,24H,8H2,1H3,(H,17,18,19)(H3,16,20,21,22). The maximum atomic E-state index is 9.11. The average Bonchev–Trinajstić information content (AvgIpc) is 2.96. The Kier molecular flexibility index (Phi) is 4.52. The lowest BCUT2D eigenvalue weighted by Crippen LogP contribution is -2.20. The van der Waals surface area contributed by atoms with Crippen LogP contribution in [0.5, 0.6) is 0 Å². The zero-order chi connectivity index (χ0) is 16.9. The van der Waals surface area contributed by atoms with Crippen LogP contribution in [0.15, 0.2) is 42.7 Å². The molecule has 3 rings (SSSR count). The van der Waals surface area contributed by atoms with Gasteiger partial charge in [-0.05, 0) is 19.1 Å². The molecule has 5 N–H and O–H groups in total. The van der Waals surface area contributed by atoms with Crippen LogP contribution < -0.4 is 16.4 Å². The fourth-order valence-corrected chi connectivity index (χ4v) is 2.04. The van der Waals surface area contributed by atoms with Crippen LogP contribution >= 0.6 is 0 Å². The lowest BCUT2D eigenvalue weighted by molar-refractivity contribution is 0.281. The van der Waals surface area contributed by atoms with E-state index in [1.54, 1.807) is 6.07 Å². The number of aliphatic hydroxyl groups is 1. The number of nitrogens with zero attached hydrogens (tertiary/aromatic N) is 5. The number of aromatic nitrogens is 5. The highest BCUT2D eigenvalue weighted by molar-refractivity contribution is 5.54. The van der Waals surface area contributed by atoms with E-state index in [1.807, 2.05) is 37.3 Å². The predicted octanol–water partition coefficient (Wildman–Crippen LogP) is 1.18. The molecule has 0 spiro atoms. The van der Waals surface area contributed by atoms with Crippen molar-refractivity contribution in [3.63, 3.8) is 0 Å². The lowest BCUT2D eigenvalue weighted by atomic mass is 10.3. The van der Waals surface area contributed by atoms with Gasteiger partial charge in [-0.3, -0.25) is 0 Å². The summed E-state index contributed by atoms with van der Waals surface area (Å²) < 4.78 is 1.42. The molecule has 24 heavy (non-hydrogen) atoms. The molecule has 9 nitrogen and oxygen atoms in total. The van der Waals surface area contributed by atoms with Gasteiger partial charge in [0.1, 0.15) is 12.1 Å². The molecule has 0 saturated carbocycles. The Balaban J connectivity index is 1.83. The Morgan fingerprint density at radius 2 is 2.04 bits per heavy atom. The monoisotopic (exact) mass is 326 g/mol. The van der Waals surface area contributed by atoms with Crippen molar-refractivity contribution in [2.45, 2.75) is 13.0 Å². The highest BCUT2D eigenvalue weighted by Crippen LogP contribution is 2.17. The number of hydrogen-bond donors (Lipinski definition) is 4. The number of anilines is 4. The van der Waals surface area contributed by atoms with Crippen LogP contribution in [0.1, 0.15) is 6.92 Å². The number of nitrogens with two attached hydrogens (primary N) is 1. The van der Waals surface area contributed by atoms with E-state index in [4.69, 9.17) is 10.8 Å². The van der Waals surface area contributed by atoms with Crippen molar-refractivity contribution < 1.29 is 5.11 Å². The molecular weight excluding hydrogens is 308 g/mol. The number of rotatable bonds is 6. The van der Waals surface area contributed by atoms with Crippen molar-refractivity contribution in [2.24, 2.45) is 0 Å². The first-order valence-electron chi connectivity index (χ1n) is 7.40. The van der Waals surface area contributed by atoms with E-state index in [9.17, 15) is 0 Å². The van der Waals surface area contributed by atoms with E-state index in [0.717, 1.165) is 5.69 Å². The summed E-state index contributed by atoms with van der Waals surface area (Å²) in [6.45, 7) is 1.84. The molecular formula is C15H18N8O. The number of nitrogens with one attached hydrogen (secondary N) is 2. The van der Waals surface area contributed by atoms with E-state index < -0.39 is 0 Å². The van der Waals surface area contributed by atoms with Gasteiger partial charge < -0.3 is 21.5 Å². The van der Waals surface area contributed by atoms with Gasteiger partial charge in [0.15, 0.2) is 5.82 Å². The SMILES string of the molecule is CC(CO)Nc1cc(-n2nc(Nc3ccccc3)nc2N)ncn1. The Morgan fingerprint density at radius 1 is 1.25 bits per heavy atom. The minimum atomic E-state index is -0.129. The smallest absolute Gasteiger partial charge is 0.248 e. The van der Waals surface area contributed by atoms with Crippen molar-refractivity contribution in [2.75, 3.05) is 23.0 Å². The van der Waals surface area contributed by atoms with Crippen LogP contribution in [0.4, 0.5) is 23.4 Å². The van der Waals surface area contributed by atoms with Crippen molar-refractivity contribution in [3.05, 3.63) is 42.7 Å². The summed E-state index contributed by atoms with van der Waals surface area (Å²) in [6.07, 6.45) is 1.40. The summed E-state index contributed by atoms with van der Waals surface area (Å²) in [5.74, 6) is 1.61. The molecule has 0 aliphatic carbocycles. The van der Waals surface area contributed by atoms with E-state index in [1.165, 1.54) is 11.0 Å². The minimum Gasteiger partial charge on any atom is -0.394 e. The minimum absolute atomic E-state index is 0.00402. The third-order valence-corrected chi connectivity index (χ3v) is 3.20. The molecule has 124 valence electrons. The Hall–Kier alpha value is -3.20. The molecule has 0 aliphatic rings. The third-order valence-electron chi connectivity index (χ3n) is 3.20. The molecule has 0 saturated heterocycles. The maximum Gasteiger partial charge on any atom is 0.248 e. The molecule has 9 heteroatoms. The summed E-state index contributed by atoms with van der Waals surface area (Å²) in [4.78, 5) is 12.5. The van der Waals surface area contributed by atoms with Gasteiger partial charge in [0.05, 0.1) is 6.61 Å². The highest BCUT2D eigenvalue weighted by Gasteiger charge is 2.11. The van der Waals surface area contributed by atoms with Crippen molar-refractivity contribution >= 4 is 23.4 Å². The lowest BCUT2D eigenvalue weighted by Gasteiger charge is -2.11. The first-order valence-corrected chi connectivity index (χ1v) is 7.40. The second kappa shape index (κ2) is 6.92. The van der Waals surface area contributed by atoms with Crippen molar-refractivity contribution in [1.82, 2.24) is 24.7 Å². The number of nitrogen functional groups attached to an aromatic ring is 1. The molecule has 1 atom stereocenters. The first-order chi connectivity index (χ1) is 11.7. The second-order valence-corrected chi connectivity index (χ2v) is 5.19. The highest BCUT2D eigenvalue weighted by atomic mass is 16.3. The fraction of sp³-hybridized carbons (Fsp3) is 0.200. The van der Waals surface area contributed by atoms with Crippen LogP contribution in [0, 0.1) is 0 Å². The van der Waals surface area contributed by atoms with E-state index >= 15 is 0 Å². The topological polar surface area (TPSA) is 127 Å². The zero-order valence-corrected chi connectivity index (χ0v) is 13.1. The predicted molar refractivity (Wildman–Crippen MR) is 91.3 cm³/mol. The van der Waals surface area contributed by atoms with Crippen molar-refractivity contribution in [3.8, 4) is 5.82 Å². The van der Waals surface area contributed by atoms with Gasteiger partial charge in [-0.2, -0.15) is 9.67 Å². The molecule has 2 heterocycles. The first kappa shape index (κ1) is 15.7. The molecule has 0 bridgehead atoms. The Bertz CT molecular complexity index is 804. The summed E-state index contributed by atoms with van der Waals surface area (Å²) in [7, 11) is 0. The van der Waals surface area contributed by atoms with Crippen LogP contribution in [-0.4, -0.2) is 42.5 Å². The largest absolute Gasteiger partial charge is 0.394 e. The molecule has 1 unspecified atom stereocenters. The van der Waals surface area contributed by atoms with Gasteiger partial charge in [0, 0.05) is 17.8 Å². The molecule has 3 aromatic rings. The van der Waals surface area contributed by atoms with Gasteiger partial charge in [-0.15, -0.1) is 5.10 Å². The molecule has 0 radical (unpaired) electrons. The summed E-state index contributed by atoms with van der Waals surface area (Å²) >= 11 is 0. The normalized spacial score (nSPS) is 11.9. The van der Waals surface area contributed by atoms with Gasteiger partial charge >= 0.3 is 0 Å². The Morgan fingerprint density at radius 3 is 2.79 bits per heavy atom. The van der Waals surface area contributed by atoms with E-state index in [2.05, 4.69) is 30.7 Å². The number of para-hydroxylation sites is 1. The molecule has 0 aliphatic heterocycles. The van der Waals surface area contributed by atoms with Crippen molar-refractivity contribution in [1.29, 1.82) is 0 Å². The van der Waals surface area contributed by atoms with E-state index in [0.29, 0.717) is 17.6 Å². The zero-order valence-electron chi connectivity index (χ0n) is 13.1. The average molecular weight is 326 g/mol. The maximum absolute atomic E-state index is 9.11. The number of aliphatic hydroxyl groups excluding tert-OH is 1. The quantitative estimate of drug-likeness (QED) is 0.532. The Labute approximate surface area is 138 Å². The summed E-state index contributed by atoms with van der Waals surface area (Å²) in [5, 5.41) is 19.6. The number of hydrogen-bond acceptors (Lipinski definition) is 8. The van der Waals surface area contributed by atoms with Crippen LogP contribution in [0.25, 0.3) is 5.82 Å². The number of benzene rings is 1. The van der Waals surface area contributed by atoms with Gasteiger partial charge in [0.25, 0.3) is 0 Å². The van der Waals surface area contributed by atoms with Crippen LogP contribution in [0.2, 0.25) is 0 Å². The second-order valence-electron chi connectivity index (χ2n) is 5.19. The fourth-order valence-electron chi connectivity index (χ4n) is 2.04. The van der Waals surface area contributed by atoms with Gasteiger partial charge in [-0.25, -0.2) is 9.97 Å². The molecule has 0 fully saturated rings. The van der Waals surface area contributed by atoms with Crippen LogP contribution in [-0.2, 0) is 0 Å². The third kappa shape index (κ3) is 3.58. The molecule has 2 aromatic heterocycles. The van der Waals surface area contributed by atoms with Gasteiger partial charge in [0.2, 0.25) is 11.9 Å². The molecule has 1 aromatic carbocycles.